The number of aromatic amines is 1. The molecule has 0 aliphatic heterocycles. The number of nitrogens with one attached hydrogen (secondary N) is 1. The summed E-state index contributed by atoms with van der Waals surface area (Å²) in [5, 5.41) is 3.53. The molecule has 19 heavy (non-hydrogen) atoms. The summed E-state index contributed by atoms with van der Waals surface area (Å²) in [6.07, 6.45) is 1.50. The molecule has 94 valence electrons. The molecule has 7 heteroatoms. The zero-order valence-corrected chi connectivity index (χ0v) is 9.50. The lowest BCUT2D eigenvalue weighted by atomic mass is 10.2. The molecular weight excluding hydrogens is 251 g/mol. The molecule has 0 radical (unpaired) electrons. The standard InChI is InChI=1S/C12H7FN4O2/c13-8-3-1-2-7(6-8)10-14-5-4-9(15-10)11-16-12(18)19-17-11/h1-6H,(H,16,17,18). The van der Waals surface area contributed by atoms with Gasteiger partial charge in [-0.2, -0.15) is 0 Å². The zero-order valence-electron chi connectivity index (χ0n) is 9.50. The van der Waals surface area contributed by atoms with E-state index in [-0.39, 0.29) is 11.6 Å². The maximum atomic E-state index is 13.1. The fraction of sp³-hybridized carbons (Fsp3) is 0. The average molecular weight is 258 g/mol. The Morgan fingerprint density at radius 2 is 2.16 bits per heavy atom. The first-order valence-corrected chi connectivity index (χ1v) is 5.38. The van der Waals surface area contributed by atoms with E-state index in [4.69, 9.17) is 0 Å². The van der Waals surface area contributed by atoms with Gasteiger partial charge in [0.25, 0.3) is 0 Å². The lowest BCUT2D eigenvalue weighted by Crippen LogP contribution is -1.97. The van der Waals surface area contributed by atoms with Crippen molar-refractivity contribution in [2.75, 3.05) is 0 Å². The maximum absolute atomic E-state index is 13.1. The minimum atomic E-state index is -0.666. The summed E-state index contributed by atoms with van der Waals surface area (Å²) < 4.78 is 17.6. The highest BCUT2D eigenvalue weighted by atomic mass is 19.1. The van der Waals surface area contributed by atoms with Crippen molar-refractivity contribution in [2.45, 2.75) is 0 Å². The molecule has 3 aromatic rings. The molecule has 0 bridgehead atoms. The van der Waals surface area contributed by atoms with E-state index in [2.05, 4.69) is 24.6 Å². The van der Waals surface area contributed by atoms with E-state index in [0.717, 1.165) is 0 Å². The van der Waals surface area contributed by atoms with Crippen molar-refractivity contribution in [3.63, 3.8) is 0 Å². The fourth-order valence-corrected chi connectivity index (χ4v) is 1.60. The van der Waals surface area contributed by atoms with E-state index in [1.165, 1.54) is 18.3 Å². The van der Waals surface area contributed by atoms with E-state index in [0.29, 0.717) is 17.1 Å². The van der Waals surface area contributed by atoms with Gasteiger partial charge in [0.1, 0.15) is 11.5 Å². The van der Waals surface area contributed by atoms with Gasteiger partial charge in [0.05, 0.1) is 0 Å². The predicted molar refractivity (Wildman–Crippen MR) is 63.5 cm³/mol. The van der Waals surface area contributed by atoms with Gasteiger partial charge in [-0.05, 0) is 18.2 Å². The first-order valence-electron chi connectivity index (χ1n) is 5.38. The van der Waals surface area contributed by atoms with Gasteiger partial charge in [-0.1, -0.05) is 17.3 Å². The highest BCUT2D eigenvalue weighted by Crippen LogP contribution is 2.18. The van der Waals surface area contributed by atoms with Crippen molar-refractivity contribution >= 4 is 0 Å². The molecule has 2 heterocycles. The van der Waals surface area contributed by atoms with Gasteiger partial charge >= 0.3 is 5.76 Å². The van der Waals surface area contributed by atoms with Gasteiger partial charge in [0.15, 0.2) is 5.82 Å². The second-order valence-corrected chi connectivity index (χ2v) is 3.72. The molecule has 0 atom stereocenters. The van der Waals surface area contributed by atoms with Crippen LogP contribution in [0.2, 0.25) is 0 Å². The Kier molecular flexibility index (Phi) is 2.64. The zero-order chi connectivity index (χ0) is 13.2. The largest absolute Gasteiger partial charge is 0.439 e. The van der Waals surface area contributed by atoms with Crippen LogP contribution >= 0.6 is 0 Å². The van der Waals surface area contributed by atoms with E-state index in [1.54, 1.807) is 18.2 Å². The van der Waals surface area contributed by atoms with Crippen LogP contribution in [0.5, 0.6) is 0 Å². The normalized spacial score (nSPS) is 10.6. The Morgan fingerprint density at radius 1 is 1.26 bits per heavy atom. The molecule has 1 N–H and O–H groups in total. The van der Waals surface area contributed by atoms with Crippen molar-refractivity contribution in [1.29, 1.82) is 0 Å². The summed E-state index contributed by atoms with van der Waals surface area (Å²) >= 11 is 0. The molecular formula is C12H7FN4O2. The van der Waals surface area contributed by atoms with E-state index in [9.17, 15) is 9.18 Å². The Hall–Kier alpha value is -2.83. The van der Waals surface area contributed by atoms with Gasteiger partial charge in [-0.25, -0.2) is 19.2 Å². The van der Waals surface area contributed by atoms with Gasteiger partial charge in [-0.3, -0.25) is 9.51 Å². The van der Waals surface area contributed by atoms with Gasteiger partial charge < -0.3 is 0 Å². The van der Waals surface area contributed by atoms with E-state index < -0.39 is 5.76 Å². The third-order valence-electron chi connectivity index (χ3n) is 2.42. The lowest BCUT2D eigenvalue weighted by Gasteiger charge is -2.01. The predicted octanol–water partition coefficient (Wildman–Crippen LogP) is 1.63. The first kappa shape index (κ1) is 11.3. The number of nitrogens with zero attached hydrogens (tertiary/aromatic N) is 3. The molecule has 0 aliphatic rings. The highest BCUT2D eigenvalue weighted by molar-refractivity contribution is 5.58. The highest BCUT2D eigenvalue weighted by Gasteiger charge is 2.09. The molecule has 0 spiro atoms. The van der Waals surface area contributed by atoms with Crippen molar-refractivity contribution < 1.29 is 8.91 Å². The number of benzene rings is 1. The number of hydrogen-bond acceptors (Lipinski definition) is 5. The summed E-state index contributed by atoms with van der Waals surface area (Å²) in [6, 6.07) is 7.48. The monoisotopic (exact) mass is 258 g/mol. The molecule has 0 unspecified atom stereocenters. The Balaban J connectivity index is 2.07. The summed E-state index contributed by atoms with van der Waals surface area (Å²) in [4.78, 5) is 21.5. The van der Waals surface area contributed by atoms with E-state index >= 15 is 0 Å². The van der Waals surface area contributed by atoms with Crippen LogP contribution in [0.3, 0.4) is 0 Å². The van der Waals surface area contributed by atoms with Gasteiger partial charge in [0, 0.05) is 11.8 Å². The van der Waals surface area contributed by atoms with Crippen LogP contribution in [0, 0.1) is 5.82 Å². The minimum Gasteiger partial charge on any atom is -0.296 e. The van der Waals surface area contributed by atoms with Crippen LogP contribution < -0.4 is 5.76 Å². The smallest absolute Gasteiger partial charge is 0.296 e. The van der Waals surface area contributed by atoms with Crippen molar-refractivity contribution in [3.05, 3.63) is 52.9 Å². The Morgan fingerprint density at radius 3 is 2.89 bits per heavy atom. The number of rotatable bonds is 2. The van der Waals surface area contributed by atoms with Gasteiger partial charge in [-0.15, -0.1) is 0 Å². The van der Waals surface area contributed by atoms with Crippen LogP contribution in [-0.2, 0) is 0 Å². The molecule has 0 saturated carbocycles. The van der Waals surface area contributed by atoms with Crippen molar-refractivity contribution in [1.82, 2.24) is 20.1 Å². The second kappa shape index (κ2) is 4.45. The summed E-state index contributed by atoms with van der Waals surface area (Å²) in [5.74, 6) is -0.506. The molecule has 0 aliphatic carbocycles. The van der Waals surface area contributed by atoms with Crippen LogP contribution in [0.4, 0.5) is 4.39 Å². The number of aromatic nitrogens is 4. The summed E-state index contributed by atoms with van der Waals surface area (Å²) in [7, 11) is 0. The van der Waals surface area contributed by atoms with Crippen LogP contribution in [0.1, 0.15) is 0 Å². The average Bonchev–Trinajstić information content (AvgIpc) is 2.86. The quantitative estimate of drug-likeness (QED) is 0.755. The Labute approximate surface area is 105 Å². The second-order valence-electron chi connectivity index (χ2n) is 3.72. The minimum absolute atomic E-state index is 0.199. The lowest BCUT2D eigenvalue weighted by molar-refractivity contribution is 0.387. The number of halogens is 1. The SMILES string of the molecule is O=c1[nH]c(-c2ccnc(-c3cccc(F)c3)n2)no1. The topological polar surface area (TPSA) is 84.7 Å². The molecule has 0 fully saturated rings. The van der Waals surface area contributed by atoms with Crippen molar-refractivity contribution in [3.8, 4) is 22.9 Å². The summed E-state index contributed by atoms with van der Waals surface area (Å²) in [6.45, 7) is 0. The van der Waals surface area contributed by atoms with E-state index in [1.807, 2.05) is 0 Å². The maximum Gasteiger partial charge on any atom is 0.439 e. The third kappa shape index (κ3) is 2.25. The first-order chi connectivity index (χ1) is 9.22. The molecule has 1 aromatic carbocycles. The van der Waals surface area contributed by atoms with Crippen molar-refractivity contribution in [2.24, 2.45) is 0 Å². The van der Waals surface area contributed by atoms with Crippen LogP contribution in [0.15, 0.2) is 45.8 Å². The Bertz CT molecular complexity index is 781. The fourth-order valence-electron chi connectivity index (χ4n) is 1.60. The van der Waals surface area contributed by atoms with Crippen LogP contribution in [-0.4, -0.2) is 20.1 Å². The van der Waals surface area contributed by atoms with Gasteiger partial charge in [0.2, 0.25) is 5.82 Å². The number of H-pyrrole nitrogens is 1. The number of hydrogen-bond donors (Lipinski definition) is 1. The molecule has 2 aromatic heterocycles. The molecule has 0 amide bonds. The van der Waals surface area contributed by atoms with Crippen LogP contribution in [0.25, 0.3) is 22.9 Å². The summed E-state index contributed by atoms with van der Waals surface area (Å²) in [5.41, 5.74) is 0.924. The third-order valence-corrected chi connectivity index (χ3v) is 2.42. The molecule has 0 saturated heterocycles. The molecule has 3 rings (SSSR count). The molecule has 6 nitrogen and oxygen atoms in total.